The maximum atomic E-state index is 14.3. The van der Waals surface area contributed by atoms with E-state index in [0.29, 0.717) is 48.6 Å². The summed E-state index contributed by atoms with van der Waals surface area (Å²) in [5, 5.41) is 14.8. The van der Waals surface area contributed by atoms with E-state index >= 15 is 0 Å². The van der Waals surface area contributed by atoms with Gasteiger partial charge in [0.25, 0.3) is 0 Å². The molecule has 1 fully saturated rings. The Bertz CT molecular complexity index is 1130. The second-order valence-electron chi connectivity index (χ2n) is 7.55. The van der Waals surface area contributed by atoms with Gasteiger partial charge in [-0.05, 0) is 38.8 Å². The van der Waals surface area contributed by atoms with E-state index in [1.165, 1.54) is 23.0 Å². The van der Waals surface area contributed by atoms with Crippen molar-refractivity contribution in [2.24, 2.45) is 5.92 Å². The molecule has 1 saturated heterocycles. The third-order valence-electron chi connectivity index (χ3n) is 5.30. The second-order valence-corrected chi connectivity index (χ2v) is 7.55. The van der Waals surface area contributed by atoms with Crippen LogP contribution in [0.4, 0.5) is 14.7 Å². The third kappa shape index (κ3) is 4.40. The number of anilines is 1. The fourth-order valence-corrected chi connectivity index (χ4v) is 3.66. The Hall–Kier alpha value is -3.54. The topological polar surface area (TPSA) is 113 Å². The molecule has 3 aromatic rings. The number of aryl methyl sites for hydroxylation is 2. The van der Waals surface area contributed by atoms with Crippen molar-refractivity contribution in [3.63, 3.8) is 0 Å². The van der Waals surface area contributed by atoms with E-state index in [-0.39, 0.29) is 18.1 Å². The number of hydrogen-bond acceptors (Lipinski definition) is 8. The summed E-state index contributed by atoms with van der Waals surface area (Å²) in [5.74, 6) is -0.822. The van der Waals surface area contributed by atoms with E-state index in [0.717, 1.165) is 6.20 Å². The summed E-state index contributed by atoms with van der Waals surface area (Å²) < 4.78 is 29.4. The minimum absolute atomic E-state index is 0.00483. The van der Waals surface area contributed by atoms with Crippen molar-refractivity contribution in [2.75, 3.05) is 18.0 Å². The van der Waals surface area contributed by atoms with Crippen LogP contribution in [0.3, 0.4) is 0 Å². The van der Waals surface area contributed by atoms with Crippen molar-refractivity contribution in [1.29, 1.82) is 0 Å². The van der Waals surface area contributed by atoms with Crippen LogP contribution in [0.2, 0.25) is 0 Å². The zero-order valence-corrected chi connectivity index (χ0v) is 17.6. The first-order valence-corrected chi connectivity index (χ1v) is 10.1. The van der Waals surface area contributed by atoms with Gasteiger partial charge in [-0.25, -0.2) is 23.8 Å². The summed E-state index contributed by atoms with van der Waals surface area (Å²) in [6.45, 7) is 3.95. The van der Waals surface area contributed by atoms with Gasteiger partial charge in [0.15, 0.2) is 11.6 Å². The van der Waals surface area contributed by atoms with Crippen molar-refractivity contribution in [1.82, 2.24) is 34.8 Å². The molecule has 1 N–H and O–H groups in total. The van der Waals surface area contributed by atoms with Crippen molar-refractivity contribution < 1.29 is 18.8 Å². The number of hydroxylamine groups is 2. The van der Waals surface area contributed by atoms with Crippen LogP contribution in [0.25, 0.3) is 5.82 Å². The molecule has 0 atom stereocenters. The van der Waals surface area contributed by atoms with Gasteiger partial charge in [0.05, 0.1) is 18.4 Å². The van der Waals surface area contributed by atoms with Crippen LogP contribution in [0.1, 0.15) is 30.2 Å². The summed E-state index contributed by atoms with van der Waals surface area (Å²) >= 11 is 0. The molecule has 0 bridgehead atoms. The minimum Gasteiger partial charge on any atom is -0.341 e. The number of pyridine rings is 1. The Morgan fingerprint density at radius 2 is 1.94 bits per heavy atom. The first-order chi connectivity index (χ1) is 15.3. The highest BCUT2D eigenvalue weighted by Crippen LogP contribution is 2.24. The first kappa shape index (κ1) is 21.7. The lowest BCUT2D eigenvalue weighted by Gasteiger charge is -2.32. The van der Waals surface area contributed by atoms with E-state index in [9.17, 15) is 18.8 Å². The van der Waals surface area contributed by atoms with Crippen molar-refractivity contribution in [3.8, 4) is 5.82 Å². The SMILES string of the molecule is Cc1nc(C)n(-c2nc(N3CCC(C(=O)N(O)Cc4ncccc4F)CC3)ncc2F)n1. The Labute approximate surface area is 182 Å². The average Bonchev–Trinajstić information content (AvgIpc) is 3.13. The molecule has 12 heteroatoms. The highest BCUT2D eigenvalue weighted by molar-refractivity contribution is 5.78. The third-order valence-corrected chi connectivity index (χ3v) is 5.30. The largest absolute Gasteiger partial charge is 0.341 e. The zero-order chi connectivity index (χ0) is 22.8. The number of carbonyl (C=O) groups is 1. The molecule has 168 valence electrons. The van der Waals surface area contributed by atoms with Crippen LogP contribution in [-0.4, -0.2) is 59.0 Å². The summed E-state index contributed by atoms with van der Waals surface area (Å²) in [5.41, 5.74) is -0.00771. The van der Waals surface area contributed by atoms with Gasteiger partial charge in [0.2, 0.25) is 11.9 Å². The van der Waals surface area contributed by atoms with E-state index in [1.54, 1.807) is 13.8 Å². The van der Waals surface area contributed by atoms with Gasteiger partial charge in [0, 0.05) is 25.2 Å². The number of nitrogens with zero attached hydrogens (tertiary/aromatic N) is 8. The normalized spacial score (nSPS) is 14.6. The molecule has 0 aromatic carbocycles. The van der Waals surface area contributed by atoms with Crippen molar-refractivity contribution in [3.05, 3.63) is 53.5 Å². The van der Waals surface area contributed by atoms with Crippen LogP contribution in [0.5, 0.6) is 0 Å². The lowest BCUT2D eigenvalue weighted by atomic mass is 9.96. The first-order valence-electron chi connectivity index (χ1n) is 10.1. The molecular weight excluding hydrogens is 422 g/mol. The van der Waals surface area contributed by atoms with E-state index in [4.69, 9.17) is 0 Å². The summed E-state index contributed by atoms with van der Waals surface area (Å²) in [7, 11) is 0. The zero-order valence-electron chi connectivity index (χ0n) is 17.6. The average molecular weight is 444 g/mol. The number of aromatic nitrogens is 6. The Kier molecular flexibility index (Phi) is 6.04. The van der Waals surface area contributed by atoms with Gasteiger partial charge >= 0.3 is 0 Å². The number of amides is 1. The van der Waals surface area contributed by atoms with Crippen LogP contribution in [0.15, 0.2) is 24.5 Å². The maximum absolute atomic E-state index is 14.3. The maximum Gasteiger partial charge on any atom is 0.249 e. The van der Waals surface area contributed by atoms with Crippen LogP contribution >= 0.6 is 0 Å². The number of halogens is 2. The lowest BCUT2D eigenvalue weighted by molar-refractivity contribution is -0.173. The van der Waals surface area contributed by atoms with Crippen LogP contribution < -0.4 is 4.90 Å². The highest BCUT2D eigenvalue weighted by atomic mass is 19.1. The molecular formula is C20H22F2N8O2. The summed E-state index contributed by atoms with van der Waals surface area (Å²) in [4.78, 5) is 30.8. The monoisotopic (exact) mass is 444 g/mol. The van der Waals surface area contributed by atoms with Gasteiger partial charge in [0.1, 0.15) is 17.5 Å². The fraction of sp³-hybridized carbons (Fsp3) is 0.400. The lowest BCUT2D eigenvalue weighted by Crippen LogP contribution is -2.42. The van der Waals surface area contributed by atoms with E-state index in [2.05, 4.69) is 25.0 Å². The minimum atomic E-state index is -0.621. The highest BCUT2D eigenvalue weighted by Gasteiger charge is 2.30. The van der Waals surface area contributed by atoms with Crippen LogP contribution in [-0.2, 0) is 11.3 Å². The Morgan fingerprint density at radius 3 is 2.59 bits per heavy atom. The molecule has 0 aliphatic carbocycles. The molecule has 0 saturated carbocycles. The van der Waals surface area contributed by atoms with Gasteiger partial charge in [-0.2, -0.15) is 9.67 Å². The molecule has 0 spiro atoms. The van der Waals surface area contributed by atoms with Crippen LogP contribution in [0, 0.1) is 31.4 Å². The molecule has 3 aromatic heterocycles. The quantitative estimate of drug-likeness (QED) is 0.470. The molecule has 0 unspecified atom stereocenters. The van der Waals surface area contributed by atoms with E-state index < -0.39 is 23.5 Å². The fourth-order valence-electron chi connectivity index (χ4n) is 3.66. The van der Waals surface area contributed by atoms with E-state index in [1.807, 2.05) is 4.90 Å². The molecule has 4 heterocycles. The molecule has 1 amide bonds. The molecule has 4 rings (SSSR count). The van der Waals surface area contributed by atoms with Gasteiger partial charge in [-0.1, -0.05) is 0 Å². The number of rotatable bonds is 5. The Morgan fingerprint density at radius 1 is 1.19 bits per heavy atom. The van der Waals surface area contributed by atoms with Gasteiger partial charge < -0.3 is 4.90 Å². The summed E-state index contributed by atoms with van der Waals surface area (Å²) in [6.07, 6.45) is 3.34. The van der Waals surface area contributed by atoms with Gasteiger partial charge in [-0.3, -0.25) is 15.0 Å². The van der Waals surface area contributed by atoms with Gasteiger partial charge in [-0.15, -0.1) is 5.10 Å². The molecule has 10 nitrogen and oxygen atoms in total. The molecule has 1 aliphatic heterocycles. The second kappa shape index (κ2) is 8.91. The number of hydrogen-bond donors (Lipinski definition) is 1. The van der Waals surface area contributed by atoms with Crippen molar-refractivity contribution in [2.45, 2.75) is 33.2 Å². The predicted molar refractivity (Wildman–Crippen MR) is 108 cm³/mol. The standard InChI is InChI=1S/C20H22F2N8O2/c1-12-25-13(2)30(27-12)18-16(22)10-24-20(26-18)28-8-5-14(6-9-28)19(31)29(32)11-17-15(21)4-3-7-23-17/h3-4,7,10,14,32H,5-6,8-9,11H2,1-2H3. The molecule has 1 aliphatic rings. The molecule has 0 radical (unpaired) electrons. The number of carbonyl (C=O) groups excluding carboxylic acids is 1. The smallest absolute Gasteiger partial charge is 0.249 e. The predicted octanol–water partition coefficient (Wildman–Crippen LogP) is 1.98. The Balaban J connectivity index is 1.41. The molecule has 32 heavy (non-hydrogen) atoms. The van der Waals surface area contributed by atoms with Crippen molar-refractivity contribution >= 4 is 11.9 Å². The number of piperidine rings is 1. The summed E-state index contributed by atoms with van der Waals surface area (Å²) in [6, 6.07) is 2.66.